The topological polar surface area (TPSA) is 20.2 Å². The van der Waals surface area contributed by atoms with Gasteiger partial charge in [0, 0.05) is 0 Å². The molecule has 1 heteroatoms. The Morgan fingerprint density at radius 3 is 2.53 bits per heavy atom. The van der Waals surface area contributed by atoms with Crippen molar-refractivity contribution in [1.29, 1.82) is 0 Å². The highest BCUT2D eigenvalue weighted by Crippen LogP contribution is 2.35. The number of hydrogen-bond acceptors (Lipinski definition) is 1. The van der Waals surface area contributed by atoms with Crippen molar-refractivity contribution in [2.75, 3.05) is 0 Å². The maximum Gasteiger partial charge on any atom is 0.0625 e. The molecule has 0 bridgehead atoms. The summed E-state index contributed by atoms with van der Waals surface area (Å²) in [6.07, 6.45) is 10.2. The van der Waals surface area contributed by atoms with Crippen molar-refractivity contribution in [2.24, 2.45) is 0 Å². The van der Waals surface area contributed by atoms with Gasteiger partial charge >= 0.3 is 0 Å². The fourth-order valence-corrected chi connectivity index (χ4v) is 2.32. The van der Waals surface area contributed by atoms with Crippen molar-refractivity contribution in [2.45, 2.75) is 64.4 Å². The summed E-state index contributed by atoms with van der Waals surface area (Å²) < 4.78 is 0. The summed E-state index contributed by atoms with van der Waals surface area (Å²) in [7, 11) is 0. The molecule has 0 amide bonds. The summed E-state index contributed by atoms with van der Waals surface area (Å²) in [5, 5.41) is 9.87. The lowest BCUT2D eigenvalue weighted by Gasteiger charge is -2.30. The molecule has 1 saturated carbocycles. The van der Waals surface area contributed by atoms with Crippen LogP contribution in [0.1, 0.15) is 58.8 Å². The first-order chi connectivity index (χ1) is 7.07. The lowest BCUT2D eigenvalue weighted by atomic mass is 9.81. The molecule has 0 aliphatic heterocycles. The lowest BCUT2D eigenvalue weighted by molar-refractivity contribution is 0.0325. The van der Waals surface area contributed by atoms with Crippen LogP contribution in [-0.4, -0.2) is 10.7 Å². The van der Waals surface area contributed by atoms with E-state index in [2.05, 4.69) is 13.0 Å². The summed E-state index contributed by atoms with van der Waals surface area (Å²) in [5.74, 6) is 0. The second-order valence-corrected chi connectivity index (χ2v) is 5.45. The van der Waals surface area contributed by atoms with Gasteiger partial charge in [-0.2, -0.15) is 0 Å². The molecule has 0 spiro atoms. The molecule has 15 heavy (non-hydrogen) atoms. The molecule has 0 atom stereocenters. The maximum atomic E-state index is 9.87. The van der Waals surface area contributed by atoms with Gasteiger partial charge in [-0.15, -0.1) is 0 Å². The van der Waals surface area contributed by atoms with E-state index in [1.165, 1.54) is 19.3 Å². The molecule has 0 radical (unpaired) electrons. The highest BCUT2D eigenvalue weighted by Gasteiger charge is 2.26. The van der Waals surface area contributed by atoms with Gasteiger partial charge in [-0.05, 0) is 58.8 Å². The summed E-state index contributed by atoms with van der Waals surface area (Å²) in [6, 6.07) is 0. The standard InChI is InChI=1S/C14H22O/c1-11(3-4-12-5-6-12)13-7-9-14(2,15)10-8-13/h5,15H,3-4,6-10H2,1-2H3. The van der Waals surface area contributed by atoms with Crippen LogP contribution in [0, 0.1) is 0 Å². The number of aliphatic hydroxyl groups is 1. The Bertz CT molecular complexity index is 295. The predicted octanol–water partition coefficient (Wildman–Crippen LogP) is 3.74. The molecule has 1 N–H and O–H groups in total. The molecular formula is C14H22O. The molecule has 0 aromatic heterocycles. The monoisotopic (exact) mass is 206 g/mol. The van der Waals surface area contributed by atoms with Crippen LogP contribution in [0.5, 0.6) is 0 Å². The van der Waals surface area contributed by atoms with Gasteiger partial charge in [-0.3, -0.25) is 0 Å². The zero-order chi connectivity index (χ0) is 10.9. The molecule has 0 aromatic rings. The number of allylic oxidation sites excluding steroid dienone is 4. The average molecular weight is 206 g/mol. The first-order valence-electron chi connectivity index (χ1n) is 6.15. The molecule has 2 rings (SSSR count). The fraction of sp³-hybridized carbons (Fsp3) is 0.714. The fourth-order valence-electron chi connectivity index (χ4n) is 2.32. The van der Waals surface area contributed by atoms with Gasteiger partial charge in [0.2, 0.25) is 0 Å². The average Bonchev–Trinajstić information content (AvgIpc) is 2.97. The Labute approximate surface area is 92.9 Å². The minimum absolute atomic E-state index is 0.400. The molecule has 0 saturated heterocycles. The van der Waals surface area contributed by atoms with Crippen LogP contribution >= 0.6 is 0 Å². The predicted molar refractivity (Wildman–Crippen MR) is 63.7 cm³/mol. The van der Waals surface area contributed by atoms with E-state index in [9.17, 15) is 5.11 Å². The summed E-state index contributed by atoms with van der Waals surface area (Å²) in [5.41, 5.74) is 4.43. The van der Waals surface area contributed by atoms with Crippen LogP contribution in [0.2, 0.25) is 0 Å². The van der Waals surface area contributed by atoms with Gasteiger partial charge in [0.15, 0.2) is 0 Å². The quantitative estimate of drug-likeness (QED) is 0.697. The molecular weight excluding hydrogens is 184 g/mol. The Balaban J connectivity index is 1.85. The van der Waals surface area contributed by atoms with E-state index < -0.39 is 5.60 Å². The smallest absolute Gasteiger partial charge is 0.0625 e. The largest absolute Gasteiger partial charge is 0.390 e. The maximum absolute atomic E-state index is 9.87. The Morgan fingerprint density at radius 1 is 1.40 bits per heavy atom. The number of rotatable bonds is 3. The Morgan fingerprint density at radius 2 is 2.00 bits per heavy atom. The third-order valence-electron chi connectivity index (χ3n) is 3.85. The third-order valence-corrected chi connectivity index (χ3v) is 3.85. The molecule has 0 heterocycles. The van der Waals surface area contributed by atoms with E-state index in [4.69, 9.17) is 0 Å². The van der Waals surface area contributed by atoms with Crippen molar-refractivity contribution in [3.8, 4) is 0 Å². The minimum Gasteiger partial charge on any atom is -0.390 e. The van der Waals surface area contributed by atoms with Gasteiger partial charge < -0.3 is 5.11 Å². The molecule has 2 aliphatic carbocycles. The lowest BCUT2D eigenvalue weighted by Crippen LogP contribution is -2.27. The van der Waals surface area contributed by atoms with Crippen molar-refractivity contribution < 1.29 is 5.11 Å². The van der Waals surface area contributed by atoms with Crippen LogP contribution in [0.3, 0.4) is 0 Å². The van der Waals surface area contributed by atoms with E-state index in [0.29, 0.717) is 0 Å². The Kier molecular flexibility index (Phi) is 3.01. The SMILES string of the molecule is CC(CCC1=CC1)=C1CCC(C)(O)CC1. The summed E-state index contributed by atoms with van der Waals surface area (Å²) >= 11 is 0. The van der Waals surface area contributed by atoms with Crippen molar-refractivity contribution in [1.82, 2.24) is 0 Å². The second kappa shape index (κ2) is 4.13. The number of hydrogen-bond donors (Lipinski definition) is 1. The van der Waals surface area contributed by atoms with Gasteiger partial charge in [0.1, 0.15) is 0 Å². The molecule has 2 aliphatic rings. The third kappa shape index (κ3) is 3.20. The van der Waals surface area contributed by atoms with E-state index in [1.54, 1.807) is 16.7 Å². The van der Waals surface area contributed by atoms with Gasteiger partial charge in [0.25, 0.3) is 0 Å². The zero-order valence-electron chi connectivity index (χ0n) is 9.97. The zero-order valence-corrected chi connectivity index (χ0v) is 9.97. The van der Waals surface area contributed by atoms with Gasteiger partial charge in [0.05, 0.1) is 5.60 Å². The van der Waals surface area contributed by atoms with Crippen molar-refractivity contribution in [3.63, 3.8) is 0 Å². The minimum atomic E-state index is -0.400. The van der Waals surface area contributed by atoms with E-state index in [-0.39, 0.29) is 0 Å². The van der Waals surface area contributed by atoms with Crippen LogP contribution in [0.15, 0.2) is 22.8 Å². The van der Waals surface area contributed by atoms with Crippen molar-refractivity contribution >= 4 is 0 Å². The second-order valence-electron chi connectivity index (χ2n) is 5.45. The summed E-state index contributed by atoms with van der Waals surface area (Å²) in [4.78, 5) is 0. The van der Waals surface area contributed by atoms with E-state index in [0.717, 1.165) is 25.7 Å². The first kappa shape index (κ1) is 10.9. The van der Waals surface area contributed by atoms with Crippen LogP contribution in [0.25, 0.3) is 0 Å². The molecule has 84 valence electrons. The van der Waals surface area contributed by atoms with Crippen LogP contribution < -0.4 is 0 Å². The molecule has 0 aromatic carbocycles. The first-order valence-corrected chi connectivity index (χ1v) is 6.15. The van der Waals surface area contributed by atoms with Crippen molar-refractivity contribution in [3.05, 3.63) is 22.8 Å². The molecule has 1 nitrogen and oxygen atoms in total. The van der Waals surface area contributed by atoms with Crippen LogP contribution in [0.4, 0.5) is 0 Å². The molecule has 0 unspecified atom stereocenters. The Hall–Kier alpha value is -0.560. The molecule has 1 fully saturated rings. The van der Waals surface area contributed by atoms with Gasteiger partial charge in [-0.1, -0.05) is 22.8 Å². The summed E-state index contributed by atoms with van der Waals surface area (Å²) in [6.45, 7) is 4.24. The van der Waals surface area contributed by atoms with E-state index >= 15 is 0 Å². The highest BCUT2D eigenvalue weighted by atomic mass is 16.3. The highest BCUT2D eigenvalue weighted by molar-refractivity contribution is 5.24. The van der Waals surface area contributed by atoms with Crippen LogP contribution in [-0.2, 0) is 0 Å². The normalized spacial score (nSPS) is 30.1. The van der Waals surface area contributed by atoms with E-state index in [1.807, 2.05) is 6.92 Å². The van der Waals surface area contributed by atoms with Gasteiger partial charge in [-0.25, -0.2) is 0 Å².